The number of aromatic amines is 1. The lowest BCUT2D eigenvalue weighted by molar-refractivity contribution is -0.116. The van der Waals surface area contributed by atoms with Crippen molar-refractivity contribution in [1.82, 2.24) is 29.5 Å². The van der Waals surface area contributed by atoms with Gasteiger partial charge in [0.1, 0.15) is 11.5 Å². The summed E-state index contributed by atoms with van der Waals surface area (Å²) in [6.07, 6.45) is 3.13. The number of halogens is 3. The molecule has 0 unspecified atom stereocenters. The Balaban J connectivity index is 1.27. The third kappa shape index (κ3) is 4.43. The number of aromatic nitrogens is 6. The van der Waals surface area contributed by atoms with E-state index in [4.69, 9.17) is 23.2 Å². The number of imidazole rings is 1. The molecular weight excluding hydrogens is 568 g/mol. The van der Waals surface area contributed by atoms with Gasteiger partial charge in [-0.25, -0.2) is 9.67 Å². The van der Waals surface area contributed by atoms with Gasteiger partial charge in [-0.15, -0.1) is 5.10 Å². The first kappa shape index (κ1) is 25.7. The molecule has 2 aliphatic heterocycles. The second-order valence-electron chi connectivity index (χ2n) is 10.4. The molecule has 0 fully saturated rings. The summed E-state index contributed by atoms with van der Waals surface area (Å²) in [4.78, 5) is 32.8. The molecule has 9 nitrogen and oxygen atoms in total. The number of anilines is 1. The summed E-state index contributed by atoms with van der Waals surface area (Å²) in [7, 11) is 0. The number of H-pyrrole nitrogens is 1. The van der Waals surface area contributed by atoms with Gasteiger partial charge in [-0.05, 0) is 66.3 Å². The minimum atomic E-state index is -0.569. The number of nitrogens with one attached hydrogen (secondary N) is 2. The number of rotatable bonds is 4. The van der Waals surface area contributed by atoms with Gasteiger partial charge in [0.2, 0.25) is 11.9 Å². The van der Waals surface area contributed by atoms with E-state index < -0.39 is 12.0 Å². The number of hydrogen-bond acceptors (Lipinski definition) is 5. The lowest BCUT2D eigenvalue weighted by Crippen LogP contribution is -2.26. The molecule has 41 heavy (non-hydrogen) atoms. The van der Waals surface area contributed by atoms with Gasteiger partial charge in [0.25, 0.3) is 5.56 Å². The number of pyridine rings is 1. The summed E-state index contributed by atoms with van der Waals surface area (Å²) in [6, 6.07) is 13.7. The van der Waals surface area contributed by atoms with E-state index in [0.717, 1.165) is 16.9 Å². The Bertz CT molecular complexity index is 1930. The Kier molecular flexibility index (Phi) is 6.06. The molecule has 1 amide bonds. The van der Waals surface area contributed by atoms with Crippen LogP contribution in [-0.4, -0.2) is 35.4 Å². The maximum Gasteiger partial charge on any atom is 0.252 e. The van der Waals surface area contributed by atoms with Crippen molar-refractivity contribution in [3.05, 3.63) is 98.3 Å². The maximum atomic E-state index is 15.3. The molecule has 0 saturated carbocycles. The van der Waals surface area contributed by atoms with E-state index in [1.54, 1.807) is 47.2 Å². The Hall–Kier alpha value is -4.28. The quantitative estimate of drug-likeness (QED) is 0.283. The molecular formula is C29H22Cl2FN7O2. The number of amides is 1. The van der Waals surface area contributed by atoms with Crippen LogP contribution in [0.1, 0.15) is 36.5 Å². The standard InChI is InChI=1S/C29H22Cl2FN7O2/c1-14-8-19-10-17(20-12-18(30)4-6-22(20)38-13-23(31)36-37-38)11-25(41)39(19)27(14)29-34-26(28(32)35-29)16-2-5-21-15(9-16)3-7-24(40)33-21/h2,4-6,9-14,27H,3,7-8H2,1H3,(H,33,40)(H,34,35)/t14-,27-/m0/s1. The van der Waals surface area contributed by atoms with Crippen LogP contribution in [0, 0.1) is 11.9 Å². The summed E-state index contributed by atoms with van der Waals surface area (Å²) in [5, 5.41) is 11.5. The molecule has 0 bridgehead atoms. The van der Waals surface area contributed by atoms with Crippen molar-refractivity contribution in [1.29, 1.82) is 0 Å². The highest BCUT2D eigenvalue weighted by atomic mass is 35.5. The monoisotopic (exact) mass is 589 g/mol. The van der Waals surface area contributed by atoms with Gasteiger partial charge in [-0.3, -0.25) is 9.59 Å². The van der Waals surface area contributed by atoms with Crippen LogP contribution in [-0.2, 0) is 17.6 Å². The molecule has 0 aliphatic carbocycles. The highest BCUT2D eigenvalue weighted by Crippen LogP contribution is 2.38. The molecule has 2 N–H and O–H groups in total. The second-order valence-corrected chi connectivity index (χ2v) is 11.2. The van der Waals surface area contributed by atoms with Crippen molar-refractivity contribution in [3.8, 4) is 28.1 Å². The fraction of sp³-hybridized carbons (Fsp3) is 0.207. The van der Waals surface area contributed by atoms with E-state index in [9.17, 15) is 9.59 Å². The summed E-state index contributed by atoms with van der Waals surface area (Å²) >= 11 is 12.3. The smallest absolute Gasteiger partial charge is 0.252 e. The number of carbonyl (C=O) groups is 1. The van der Waals surface area contributed by atoms with Crippen LogP contribution in [0.25, 0.3) is 28.1 Å². The number of hydrogen-bond donors (Lipinski definition) is 2. The van der Waals surface area contributed by atoms with Crippen LogP contribution < -0.4 is 10.9 Å². The van der Waals surface area contributed by atoms with E-state index in [-0.39, 0.29) is 28.2 Å². The van der Waals surface area contributed by atoms with Crippen molar-refractivity contribution in [3.63, 3.8) is 0 Å². The van der Waals surface area contributed by atoms with Crippen molar-refractivity contribution in [2.75, 3.05) is 5.32 Å². The molecule has 12 heteroatoms. The van der Waals surface area contributed by atoms with Crippen molar-refractivity contribution in [2.45, 2.75) is 32.2 Å². The van der Waals surface area contributed by atoms with Gasteiger partial charge in [0.05, 0.1) is 17.9 Å². The van der Waals surface area contributed by atoms with Crippen LogP contribution in [0.4, 0.5) is 10.1 Å². The van der Waals surface area contributed by atoms with Gasteiger partial charge < -0.3 is 14.9 Å². The number of nitrogens with zero attached hydrogens (tertiary/aromatic N) is 5. The van der Waals surface area contributed by atoms with Gasteiger partial charge in [-0.2, -0.15) is 4.39 Å². The molecule has 0 saturated heterocycles. The molecule has 2 aromatic carbocycles. The van der Waals surface area contributed by atoms with Gasteiger partial charge >= 0.3 is 0 Å². The zero-order valence-electron chi connectivity index (χ0n) is 21.7. The first-order chi connectivity index (χ1) is 19.7. The van der Waals surface area contributed by atoms with Gasteiger partial charge in [-0.1, -0.05) is 41.4 Å². The normalized spacial score (nSPS) is 17.8. The van der Waals surface area contributed by atoms with Gasteiger partial charge in [0.15, 0.2) is 5.15 Å². The molecule has 0 radical (unpaired) electrons. The highest BCUT2D eigenvalue weighted by Gasteiger charge is 2.35. The average Bonchev–Trinajstić information content (AvgIpc) is 3.64. The molecule has 7 rings (SSSR count). The topological polar surface area (TPSA) is 110 Å². The van der Waals surface area contributed by atoms with Crippen LogP contribution in [0.15, 0.2) is 59.5 Å². The summed E-state index contributed by atoms with van der Waals surface area (Å²) < 4.78 is 18.5. The Morgan fingerprint density at radius 3 is 2.68 bits per heavy atom. The fourth-order valence-corrected chi connectivity index (χ4v) is 6.18. The SMILES string of the molecule is C[C@H]1Cc2cc(-c3cc(Cl)ccc3-n3cc(Cl)nn3)cc(=O)n2[C@@H]1c1nc(-c2ccc3c(c2)CCC(=O)N3)c(F)[nH]1. The predicted molar refractivity (Wildman–Crippen MR) is 153 cm³/mol. The maximum absolute atomic E-state index is 15.3. The minimum Gasteiger partial charge on any atom is -0.326 e. The minimum absolute atomic E-state index is 0.0250. The molecule has 206 valence electrons. The lowest BCUT2D eigenvalue weighted by atomic mass is 9.99. The first-order valence-electron chi connectivity index (χ1n) is 13.1. The molecule has 5 aromatic rings. The third-order valence-electron chi connectivity index (χ3n) is 7.71. The van der Waals surface area contributed by atoms with Crippen LogP contribution in [0.5, 0.6) is 0 Å². The lowest BCUT2D eigenvalue weighted by Gasteiger charge is -2.17. The molecule has 2 atom stereocenters. The fourth-order valence-electron chi connectivity index (χ4n) is 5.88. The highest BCUT2D eigenvalue weighted by molar-refractivity contribution is 6.31. The van der Waals surface area contributed by atoms with E-state index in [1.165, 1.54) is 4.68 Å². The average molecular weight is 590 g/mol. The summed E-state index contributed by atoms with van der Waals surface area (Å²) in [5.74, 6) is -0.246. The summed E-state index contributed by atoms with van der Waals surface area (Å²) in [5.41, 5.74) is 5.06. The van der Waals surface area contributed by atoms with E-state index >= 15 is 4.39 Å². The largest absolute Gasteiger partial charge is 0.326 e. The van der Waals surface area contributed by atoms with Crippen LogP contribution in [0.2, 0.25) is 10.2 Å². The third-order valence-corrected chi connectivity index (χ3v) is 8.12. The Morgan fingerprint density at radius 2 is 1.88 bits per heavy atom. The number of aryl methyl sites for hydroxylation is 1. The molecule has 2 aliphatic rings. The predicted octanol–water partition coefficient (Wildman–Crippen LogP) is 5.60. The second kappa shape index (κ2) is 9.67. The van der Waals surface area contributed by atoms with Crippen molar-refractivity contribution in [2.24, 2.45) is 5.92 Å². The van der Waals surface area contributed by atoms with E-state index in [0.29, 0.717) is 52.5 Å². The Morgan fingerprint density at radius 1 is 1.02 bits per heavy atom. The van der Waals surface area contributed by atoms with Crippen molar-refractivity contribution < 1.29 is 9.18 Å². The Labute approximate surface area is 243 Å². The van der Waals surface area contributed by atoms with Crippen LogP contribution >= 0.6 is 23.2 Å². The molecule has 5 heterocycles. The zero-order chi connectivity index (χ0) is 28.4. The van der Waals surface area contributed by atoms with E-state index in [2.05, 4.69) is 25.6 Å². The zero-order valence-corrected chi connectivity index (χ0v) is 23.2. The van der Waals surface area contributed by atoms with Crippen molar-refractivity contribution >= 4 is 34.8 Å². The number of fused-ring (bicyclic) bond motifs is 2. The number of carbonyl (C=O) groups excluding carboxylic acids is 1. The first-order valence-corrected chi connectivity index (χ1v) is 13.8. The van der Waals surface area contributed by atoms with E-state index in [1.807, 2.05) is 19.1 Å². The number of benzene rings is 2. The van der Waals surface area contributed by atoms with Crippen LogP contribution in [0.3, 0.4) is 0 Å². The van der Waals surface area contributed by atoms with Gasteiger partial charge in [0, 0.05) is 40.0 Å². The summed E-state index contributed by atoms with van der Waals surface area (Å²) in [6.45, 7) is 2.01. The molecule has 0 spiro atoms. The molecule has 3 aromatic heterocycles.